The predicted molar refractivity (Wildman–Crippen MR) is 97.0 cm³/mol. The molecule has 0 aliphatic carbocycles. The largest absolute Gasteiger partial charge is 0.307 e. The average Bonchev–Trinajstić information content (AvgIpc) is 2.53. The van der Waals surface area contributed by atoms with Crippen LogP contribution in [0.5, 0.6) is 0 Å². The van der Waals surface area contributed by atoms with Gasteiger partial charge in [-0.1, -0.05) is 12.1 Å². The summed E-state index contributed by atoms with van der Waals surface area (Å²) in [5.41, 5.74) is 1.42. The van der Waals surface area contributed by atoms with E-state index in [1.165, 1.54) is 19.1 Å². The minimum atomic E-state index is -3.89. The zero-order valence-corrected chi connectivity index (χ0v) is 14.9. The zero-order valence-electron chi connectivity index (χ0n) is 14.1. The number of aromatic amines is 1. The molecular weight excluding hydrogens is 357 g/mol. The average molecular weight is 373 g/mol. The van der Waals surface area contributed by atoms with Gasteiger partial charge in [-0.2, -0.15) is 0 Å². The Balaban J connectivity index is 1.97. The van der Waals surface area contributed by atoms with Crippen LogP contribution in [-0.2, 0) is 10.0 Å². The molecule has 6 nitrogen and oxygen atoms in total. The lowest BCUT2D eigenvalue weighted by Crippen LogP contribution is -2.14. The molecule has 0 amide bonds. The zero-order chi connectivity index (χ0) is 18.9. The van der Waals surface area contributed by atoms with Crippen molar-refractivity contribution in [2.45, 2.75) is 18.7 Å². The Morgan fingerprint density at radius 1 is 1.08 bits per heavy atom. The molecular formula is C18H16FN3O3S. The molecule has 0 saturated carbocycles. The normalized spacial score (nSPS) is 11.3. The van der Waals surface area contributed by atoms with Crippen molar-refractivity contribution in [1.82, 2.24) is 9.97 Å². The monoisotopic (exact) mass is 373 g/mol. The van der Waals surface area contributed by atoms with E-state index in [1.54, 1.807) is 31.2 Å². The minimum Gasteiger partial charge on any atom is -0.307 e. The number of nitrogens with zero attached hydrogens (tertiary/aromatic N) is 1. The second-order valence-electron chi connectivity index (χ2n) is 5.83. The Bertz CT molecular complexity index is 1140. The maximum absolute atomic E-state index is 13.2. The van der Waals surface area contributed by atoms with E-state index >= 15 is 0 Å². The van der Waals surface area contributed by atoms with Gasteiger partial charge >= 0.3 is 0 Å². The van der Waals surface area contributed by atoms with Crippen LogP contribution in [0, 0.1) is 19.7 Å². The SMILES string of the molecule is Cc1cc(=O)[nH]c(-c2cccc(NS(=O)(=O)c3ccc(F)cc3C)c2)n1. The maximum Gasteiger partial charge on any atom is 0.262 e. The molecule has 0 aliphatic rings. The summed E-state index contributed by atoms with van der Waals surface area (Å²) in [6.45, 7) is 3.22. The number of nitrogens with one attached hydrogen (secondary N) is 2. The van der Waals surface area contributed by atoms with E-state index in [-0.39, 0.29) is 10.5 Å². The van der Waals surface area contributed by atoms with Crippen molar-refractivity contribution in [1.29, 1.82) is 0 Å². The van der Waals surface area contributed by atoms with Gasteiger partial charge in [0.15, 0.2) is 0 Å². The predicted octanol–water partition coefficient (Wildman–Crippen LogP) is 2.99. The van der Waals surface area contributed by atoms with E-state index in [4.69, 9.17) is 0 Å². The quantitative estimate of drug-likeness (QED) is 0.735. The standard InChI is InChI=1S/C18H16FN3O3S/c1-11-8-14(19)6-7-16(11)26(24,25)22-15-5-3-4-13(10-15)18-20-12(2)9-17(23)21-18/h3-10,22H,1-2H3,(H,20,21,23). The van der Waals surface area contributed by atoms with Gasteiger partial charge in [0.2, 0.25) is 0 Å². The van der Waals surface area contributed by atoms with Crippen molar-refractivity contribution in [2.75, 3.05) is 4.72 Å². The second kappa shape index (κ2) is 6.72. The number of H-pyrrole nitrogens is 1. The molecule has 8 heteroatoms. The highest BCUT2D eigenvalue weighted by Crippen LogP contribution is 2.23. The van der Waals surface area contributed by atoms with Crippen LogP contribution >= 0.6 is 0 Å². The smallest absolute Gasteiger partial charge is 0.262 e. The van der Waals surface area contributed by atoms with Crippen molar-refractivity contribution < 1.29 is 12.8 Å². The number of hydrogen-bond donors (Lipinski definition) is 2. The molecule has 0 radical (unpaired) electrons. The molecule has 0 spiro atoms. The third-order valence-electron chi connectivity index (χ3n) is 3.68. The number of halogens is 1. The van der Waals surface area contributed by atoms with E-state index < -0.39 is 15.8 Å². The molecule has 0 atom stereocenters. The first kappa shape index (κ1) is 17.8. The third kappa shape index (κ3) is 3.80. The van der Waals surface area contributed by atoms with Crippen LogP contribution in [0.2, 0.25) is 0 Å². The highest BCUT2D eigenvalue weighted by molar-refractivity contribution is 7.92. The van der Waals surface area contributed by atoms with Crippen molar-refractivity contribution in [2.24, 2.45) is 0 Å². The Morgan fingerprint density at radius 3 is 2.54 bits per heavy atom. The van der Waals surface area contributed by atoms with E-state index in [9.17, 15) is 17.6 Å². The summed E-state index contributed by atoms with van der Waals surface area (Å²) in [4.78, 5) is 18.5. The van der Waals surface area contributed by atoms with E-state index in [2.05, 4.69) is 14.7 Å². The fourth-order valence-electron chi connectivity index (χ4n) is 2.57. The Kier molecular flexibility index (Phi) is 4.60. The summed E-state index contributed by atoms with van der Waals surface area (Å²) in [7, 11) is -3.89. The van der Waals surface area contributed by atoms with Crippen LogP contribution in [0.15, 0.2) is 58.2 Å². The van der Waals surface area contributed by atoms with Crippen LogP contribution in [0.4, 0.5) is 10.1 Å². The highest BCUT2D eigenvalue weighted by Gasteiger charge is 2.17. The van der Waals surface area contributed by atoms with Crippen LogP contribution in [0.3, 0.4) is 0 Å². The first-order chi connectivity index (χ1) is 12.2. The molecule has 3 rings (SSSR count). The van der Waals surface area contributed by atoms with Crippen LogP contribution < -0.4 is 10.3 Å². The molecule has 0 bridgehead atoms. The molecule has 2 aromatic carbocycles. The van der Waals surface area contributed by atoms with Crippen LogP contribution in [0.1, 0.15) is 11.3 Å². The maximum atomic E-state index is 13.2. The Labute approximate surface area is 149 Å². The number of anilines is 1. The number of hydrogen-bond acceptors (Lipinski definition) is 4. The number of aryl methyl sites for hydroxylation is 2. The lowest BCUT2D eigenvalue weighted by atomic mass is 10.2. The van der Waals surface area contributed by atoms with E-state index in [1.807, 2.05) is 0 Å². The van der Waals surface area contributed by atoms with Crippen LogP contribution in [0.25, 0.3) is 11.4 Å². The third-order valence-corrected chi connectivity index (χ3v) is 5.23. The second-order valence-corrected chi connectivity index (χ2v) is 7.48. The molecule has 0 unspecified atom stereocenters. The summed E-state index contributed by atoms with van der Waals surface area (Å²) in [5.74, 6) is -0.160. The lowest BCUT2D eigenvalue weighted by Gasteiger charge is -2.11. The number of benzene rings is 2. The van der Waals surface area contributed by atoms with Crippen molar-refractivity contribution in [3.8, 4) is 11.4 Å². The van der Waals surface area contributed by atoms with Gasteiger partial charge in [-0.05, 0) is 49.7 Å². The molecule has 0 saturated heterocycles. The van der Waals surface area contributed by atoms with Gasteiger partial charge in [0, 0.05) is 23.0 Å². The first-order valence-corrected chi connectivity index (χ1v) is 9.20. The summed E-state index contributed by atoms with van der Waals surface area (Å²) >= 11 is 0. The van der Waals surface area contributed by atoms with Gasteiger partial charge in [0.1, 0.15) is 11.6 Å². The fourth-order valence-corrected chi connectivity index (χ4v) is 3.85. The lowest BCUT2D eigenvalue weighted by molar-refractivity contribution is 0.598. The van der Waals surface area contributed by atoms with Gasteiger partial charge in [-0.3, -0.25) is 9.52 Å². The summed E-state index contributed by atoms with van der Waals surface area (Å²) in [6, 6.07) is 11.3. The molecule has 0 fully saturated rings. The number of rotatable bonds is 4. The Hall–Kier alpha value is -3.00. The van der Waals surface area contributed by atoms with Crippen LogP contribution in [-0.4, -0.2) is 18.4 Å². The van der Waals surface area contributed by atoms with Gasteiger partial charge < -0.3 is 4.98 Å². The summed E-state index contributed by atoms with van der Waals surface area (Å²) in [5, 5.41) is 0. The molecule has 1 aromatic heterocycles. The van der Waals surface area contributed by atoms with E-state index in [0.717, 1.165) is 12.1 Å². The van der Waals surface area contributed by atoms with Gasteiger partial charge in [0.05, 0.1) is 4.90 Å². The van der Waals surface area contributed by atoms with E-state index in [0.29, 0.717) is 28.3 Å². The molecule has 0 aliphatic heterocycles. The minimum absolute atomic E-state index is 0.00797. The van der Waals surface area contributed by atoms with Crippen molar-refractivity contribution in [3.05, 3.63) is 76.0 Å². The topological polar surface area (TPSA) is 91.9 Å². The Morgan fingerprint density at radius 2 is 1.85 bits per heavy atom. The van der Waals surface area contributed by atoms with Gasteiger partial charge in [-0.15, -0.1) is 0 Å². The molecule has 1 heterocycles. The number of sulfonamides is 1. The summed E-state index contributed by atoms with van der Waals surface area (Å²) in [6.07, 6.45) is 0. The van der Waals surface area contributed by atoms with Gasteiger partial charge in [0.25, 0.3) is 15.6 Å². The molecule has 26 heavy (non-hydrogen) atoms. The molecule has 3 aromatic rings. The fraction of sp³-hybridized carbons (Fsp3) is 0.111. The van der Waals surface area contributed by atoms with Gasteiger partial charge in [-0.25, -0.2) is 17.8 Å². The van der Waals surface area contributed by atoms with Crippen molar-refractivity contribution in [3.63, 3.8) is 0 Å². The molecule has 2 N–H and O–H groups in total. The summed E-state index contributed by atoms with van der Waals surface area (Å²) < 4.78 is 40.8. The highest BCUT2D eigenvalue weighted by atomic mass is 32.2. The first-order valence-electron chi connectivity index (χ1n) is 7.72. The number of aromatic nitrogens is 2. The van der Waals surface area contributed by atoms with Crippen molar-refractivity contribution >= 4 is 15.7 Å². The molecule has 134 valence electrons.